The Labute approximate surface area is 267 Å². The molecule has 0 amide bonds. The standard InChI is InChI=1S/C40H31FN2O3/c1-39(2)32-12-8-7-11-30(32)35-28-9-5-6-10-29(28)37-31(36(35)39)21-22-40(46-37,26-17-19-27(41)20-18-26)25-15-13-24(14-16-25)38-42-33(44-3)23-34(43-38)45-4/h5-23H,1-4H3. The molecule has 6 heteroatoms. The normalized spacial score (nSPS) is 17.2. The molecule has 226 valence electrons. The van der Waals surface area contributed by atoms with Gasteiger partial charge in [-0.1, -0.05) is 105 Å². The molecule has 0 saturated carbocycles. The molecule has 0 N–H and O–H groups in total. The highest BCUT2D eigenvalue weighted by Gasteiger charge is 2.44. The summed E-state index contributed by atoms with van der Waals surface area (Å²) in [4.78, 5) is 9.05. The van der Waals surface area contributed by atoms with Crippen LogP contribution in [0.1, 0.15) is 41.7 Å². The fraction of sp³-hybridized carbons (Fsp3) is 0.150. The number of ether oxygens (including phenoxy) is 3. The molecule has 1 unspecified atom stereocenters. The van der Waals surface area contributed by atoms with Crippen molar-refractivity contribution in [2.45, 2.75) is 24.9 Å². The number of rotatable bonds is 5. The number of aromatic nitrogens is 2. The summed E-state index contributed by atoms with van der Waals surface area (Å²) in [6.45, 7) is 4.58. The first kappa shape index (κ1) is 28.0. The van der Waals surface area contributed by atoms with E-state index in [9.17, 15) is 4.39 Å². The van der Waals surface area contributed by atoms with Gasteiger partial charge in [-0.05, 0) is 45.8 Å². The van der Waals surface area contributed by atoms with Crippen LogP contribution in [0.4, 0.5) is 4.39 Å². The van der Waals surface area contributed by atoms with Crippen LogP contribution in [-0.2, 0) is 11.0 Å². The average molecular weight is 607 g/mol. The molecule has 5 nitrogen and oxygen atoms in total. The van der Waals surface area contributed by atoms with Gasteiger partial charge in [0.1, 0.15) is 11.6 Å². The fourth-order valence-corrected chi connectivity index (χ4v) is 7.18. The lowest BCUT2D eigenvalue weighted by molar-refractivity contribution is 0.163. The van der Waals surface area contributed by atoms with E-state index in [1.54, 1.807) is 32.4 Å². The highest BCUT2D eigenvalue weighted by Crippen LogP contribution is 2.58. The van der Waals surface area contributed by atoms with E-state index in [1.807, 2.05) is 24.3 Å². The van der Waals surface area contributed by atoms with Gasteiger partial charge in [-0.15, -0.1) is 0 Å². The number of halogens is 1. The summed E-state index contributed by atoms with van der Waals surface area (Å²) < 4.78 is 32.3. The van der Waals surface area contributed by atoms with Crippen molar-refractivity contribution < 1.29 is 18.6 Å². The largest absolute Gasteiger partial charge is 0.481 e. The quantitative estimate of drug-likeness (QED) is 0.196. The predicted octanol–water partition coefficient (Wildman–Crippen LogP) is 9.11. The molecule has 1 aliphatic carbocycles. The topological polar surface area (TPSA) is 53.5 Å². The summed E-state index contributed by atoms with van der Waals surface area (Å²) in [7, 11) is 3.12. The summed E-state index contributed by atoms with van der Waals surface area (Å²) >= 11 is 0. The average Bonchev–Trinajstić information content (AvgIpc) is 3.35. The monoisotopic (exact) mass is 606 g/mol. The molecule has 6 aromatic rings. The van der Waals surface area contributed by atoms with Crippen LogP contribution in [-0.4, -0.2) is 24.2 Å². The number of methoxy groups -OCH3 is 2. The second-order valence-corrected chi connectivity index (χ2v) is 12.2. The molecule has 0 saturated heterocycles. The number of fused-ring (bicyclic) bond motifs is 8. The van der Waals surface area contributed by atoms with Gasteiger partial charge in [-0.3, -0.25) is 0 Å². The highest BCUT2D eigenvalue weighted by atomic mass is 19.1. The first-order valence-electron chi connectivity index (χ1n) is 15.3. The molecule has 0 fully saturated rings. The molecule has 2 aliphatic rings. The van der Waals surface area contributed by atoms with Crippen molar-refractivity contribution in [3.8, 4) is 40.0 Å². The van der Waals surface area contributed by atoms with Gasteiger partial charge in [0, 0.05) is 33.1 Å². The van der Waals surface area contributed by atoms with E-state index in [4.69, 9.17) is 14.2 Å². The highest BCUT2D eigenvalue weighted by molar-refractivity contribution is 6.08. The van der Waals surface area contributed by atoms with E-state index in [0.29, 0.717) is 17.6 Å². The van der Waals surface area contributed by atoms with Crippen LogP contribution in [0.5, 0.6) is 17.5 Å². The smallest absolute Gasteiger partial charge is 0.220 e. The lowest BCUT2D eigenvalue weighted by Gasteiger charge is -2.38. The van der Waals surface area contributed by atoms with Gasteiger partial charge in [0.15, 0.2) is 11.4 Å². The van der Waals surface area contributed by atoms with Crippen molar-refractivity contribution >= 4 is 16.8 Å². The Morgan fingerprint density at radius 2 is 1.33 bits per heavy atom. The minimum Gasteiger partial charge on any atom is -0.481 e. The summed E-state index contributed by atoms with van der Waals surface area (Å²) in [6, 6.07) is 33.3. The van der Waals surface area contributed by atoms with Gasteiger partial charge in [-0.2, -0.15) is 9.97 Å². The Hall–Kier alpha value is -5.49. The molecule has 46 heavy (non-hydrogen) atoms. The van der Waals surface area contributed by atoms with Crippen molar-refractivity contribution in [1.29, 1.82) is 0 Å². The van der Waals surface area contributed by atoms with Crippen molar-refractivity contribution in [3.05, 3.63) is 143 Å². The maximum absolute atomic E-state index is 14.3. The van der Waals surface area contributed by atoms with E-state index in [1.165, 1.54) is 34.4 Å². The molecule has 2 heterocycles. The van der Waals surface area contributed by atoms with Crippen molar-refractivity contribution in [2.75, 3.05) is 14.2 Å². The molecule has 5 aromatic carbocycles. The lowest BCUT2D eigenvalue weighted by Crippen LogP contribution is -2.35. The van der Waals surface area contributed by atoms with Gasteiger partial charge in [-0.25, -0.2) is 4.39 Å². The molecule has 1 aliphatic heterocycles. The minimum absolute atomic E-state index is 0.233. The summed E-state index contributed by atoms with van der Waals surface area (Å²) in [5, 5.41) is 2.19. The number of hydrogen-bond donors (Lipinski definition) is 0. The third-order valence-corrected chi connectivity index (χ3v) is 9.39. The van der Waals surface area contributed by atoms with Crippen LogP contribution in [0.2, 0.25) is 0 Å². The summed E-state index contributed by atoms with van der Waals surface area (Å²) in [6.07, 6.45) is 4.31. The first-order valence-corrected chi connectivity index (χ1v) is 15.3. The second-order valence-electron chi connectivity index (χ2n) is 12.2. The Balaban J connectivity index is 1.34. The van der Waals surface area contributed by atoms with Crippen molar-refractivity contribution in [1.82, 2.24) is 9.97 Å². The van der Waals surface area contributed by atoms with Gasteiger partial charge in [0.2, 0.25) is 11.8 Å². The minimum atomic E-state index is -1.03. The van der Waals surface area contributed by atoms with Crippen LogP contribution in [0, 0.1) is 5.82 Å². The number of nitrogens with zero attached hydrogens (tertiary/aromatic N) is 2. The van der Waals surface area contributed by atoms with E-state index in [2.05, 4.69) is 84.5 Å². The Bertz CT molecular complexity index is 2170. The van der Waals surface area contributed by atoms with E-state index in [0.717, 1.165) is 38.8 Å². The Kier molecular flexibility index (Phi) is 6.26. The molecule has 1 atom stereocenters. The molecule has 0 spiro atoms. The zero-order chi connectivity index (χ0) is 31.6. The van der Waals surface area contributed by atoms with Crippen LogP contribution in [0.25, 0.3) is 39.4 Å². The van der Waals surface area contributed by atoms with Crippen LogP contribution < -0.4 is 14.2 Å². The van der Waals surface area contributed by atoms with Gasteiger partial charge in [0.05, 0.1) is 20.3 Å². The number of benzene rings is 5. The lowest BCUT2D eigenvalue weighted by atomic mass is 9.77. The maximum atomic E-state index is 14.3. The van der Waals surface area contributed by atoms with Gasteiger partial charge in [0.25, 0.3) is 0 Å². The van der Waals surface area contributed by atoms with Crippen LogP contribution >= 0.6 is 0 Å². The zero-order valence-corrected chi connectivity index (χ0v) is 26.0. The van der Waals surface area contributed by atoms with E-state index >= 15 is 0 Å². The van der Waals surface area contributed by atoms with E-state index in [-0.39, 0.29) is 11.2 Å². The third kappa shape index (κ3) is 4.06. The summed E-state index contributed by atoms with van der Waals surface area (Å²) in [5.74, 6) is 1.81. The molecule has 0 bridgehead atoms. The van der Waals surface area contributed by atoms with E-state index < -0.39 is 5.60 Å². The van der Waals surface area contributed by atoms with Crippen molar-refractivity contribution in [3.63, 3.8) is 0 Å². The van der Waals surface area contributed by atoms with Crippen LogP contribution in [0.15, 0.2) is 109 Å². The summed E-state index contributed by atoms with van der Waals surface area (Å²) in [5.41, 5.74) is 7.38. The van der Waals surface area contributed by atoms with Crippen molar-refractivity contribution in [2.24, 2.45) is 0 Å². The second kappa shape index (κ2) is 10.3. The van der Waals surface area contributed by atoms with Gasteiger partial charge >= 0.3 is 0 Å². The van der Waals surface area contributed by atoms with Crippen LogP contribution in [0.3, 0.4) is 0 Å². The molecular formula is C40H31FN2O3. The molecule has 1 aromatic heterocycles. The SMILES string of the molecule is COc1cc(OC)nc(-c2ccc(C3(c4ccc(F)cc4)C=Cc4c5c(c6ccccc6c4O3)-c3ccccc3C5(C)C)cc2)n1. The molecule has 0 radical (unpaired) electrons. The molecular weight excluding hydrogens is 575 g/mol. The predicted molar refractivity (Wildman–Crippen MR) is 179 cm³/mol. The maximum Gasteiger partial charge on any atom is 0.220 e. The third-order valence-electron chi connectivity index (χ3n) is 9.39. The Morgan fingerprint density at radius 3 is 2.00 bits per heavy atom. The van der Waals surface area contributed by atoms with Gasteiger partial charge < -0.3 is 14.2 Å². The molecule has 8 rings (SSSR count). The fourth-order valence-electron chi connectivity index (χ4n) is 7.18. The first-order chi connectivity index (χ1) is 22.3. The zero-order valence-electron chi connectivity index (χ0n) is 26.0. The number of hydrogen-bond acceptors (Lipinski definition) is 5. The Morgan fingerprint density at radius 1 is 0.717 bits per heavy atom.